The summed E-state index contributed by atoms with van der Waals surface area (Å²) in [5.41, 5.74) is -0.212. The predicted molar refractivity (Wildman–Crippen MR) is 149 cm³/mol. The van der Waals surface area contributed by atoms with Gasteiger partial charge in [-0.15, -0.1) is 0 Å². The van der Waals surface area contributed by atoms with Gasteiger partial charge < -0.3 is 38.6 Å². The second kappa shape index (κ2) is 11.9. The molecular weight excluding hydrogens is 576 g/mol. The first kappa shape index (κ1) is 30.7. The van der Waals surface area contributed by atoms with Crippen LogP contribution in [0, 0.1) is 29.6 Å². The first-order valence-electron chi connectivity index (χ1n) is 15.1. The van der Waals surface area contributed by atoms with E-state index >= 15 is 0 Å². The van der Waals surface area contributed by atoms with Crippen molar-refractivity contribution in [1.82, 2.24) is 0 Å². The molecule has 2 saturated heterocycles. The average Bonchev–Trinajstić information content (AvgIpc) is 3.26. The summed E-state index contributed by atoms with van der Waals surface area (Å²) in [5.74, 6) is -4.51. The van der Waals surface area contributed by atoms with Crippen molar-refractivity contribution in [3.05, 3.63) is 47.3 Å². The van der Waals surface area contributed by atoms with E-state index in [0.717, 1.165) is 18.3 Å². The fourth-order valence-corrected chi connectivity index (χ4v) is 7.90. The Morgan fingerprint density at radius 3 is 2.55 bits per heavy atom. The predicted octanol–water partition coefficient (Wildman–Crippen LogP) is 1.44. The monoisotopic (exact) mass is 614 g/mol. The smallest absolute Gasteiger partial charge is 0.346 e. The third-order valence-electron chi connectivity index (χ3n) is 10.2. The van der Waals surface area contributed by atoms with Gasteiger partial charge in [0.2, 0.25) is 0 Å². The fourth-order valence-electron chi connectivity index (χ4n) is 7.90. The van der Waals surface area contributed by atoms with E-state index in [-0.39, 0.29) is 73.4 Å². The van der Waals surface area contributed by atoms with Gasteiger partial charge in [-0.25, -0.2) is 14.4 Å². The summed E-state index contributed by atoms with van der Waals surface area (Å²) in [5, 5.41) is 22.8. The maximum absolute atomic E-state index is 13.6. The zero-order valence-electron chi connectivity index (χ0n) is 24.9. The molecule has 12 nitrogen and oxygen atoms in total. The summed E-state index contributed by atoms with van der Waals surface area (Å²) >= 11 is 0. The van der Waals surface area contributed by atoms with Crippen LogP contribution < -0.4 is 0 Å². The van der Waals surface area contributed by atoms with Crippen LogP contribution >= 0.6 is 0 Å². The van der Waals surface area contributed by atoms with Crippen molar-refractivity contribution < 1.29 is 57.8 Å². The first-order chi connectivity index (χ1) is 21.0. The van der Waals surface area contributed by atoms with Crippen molar-refractivity contribution in [3.8, 4) is 0 Å². The highest BCUT2D eigenvalue weighted by Gasteiger charge is 2.64. The van der Waals surface area contributed by atoms with Crippen molar-refractivity contribution in [3.63, 3.8) is 0 Å². The highest BCUT2D eigenvalue weighted by molar-refractivity contribution is 6.14. The molecule has 2 aliphatic carbocycles. The van der Waals surface area contributed by atoms with E-state index in [4.69, 9.17) is 23.7 Å². The number of aliphatic hydroxyl groups is 2. The second-order valence-corrected chi connectivity index (χ2v) is 12.5. The third kappa shape index (κ3) is 5.11. The molecule has 0 radical (unpaired) electrons. The summed E-state index contributed by atoms with van der Waals surface area (Å²) in [6.07, 6.45) is 4.57. The van der Waals surface area contributed by atoms with Crippen molar-refractivity contribution in [2.45, 2.75) is 75.7 Å². The van der Waals surface area contributed by atoms with Crippen LogP contribution in [-0.4, -0.2) is 90.5 Å². The van der Waals surface area contributed by atoms with Crippen LogP contribution in [0.5, 0.6) is 0 Å². The normalized spacial score (nSPS) is 44.4. The minimum absolute atomic E-state index is 0.0265. The lowest BCUT2D eigenvalue weighted by atomic mass is 9.52. The van der Waals surface area contributed by atoms with E-state index in [2.05, 4.69) is 10.8 Å². The number of rotatable bonds is 1. The number of methoxy groups -OCH3 is 1. The van der Waals surface area contributed by atoms with Gasteiger partial charge in [0, 0.05) is 31.3 Å². The molecule has 1 spiro atoms. The minimum atomic E-state index is -1.40. The molecule has 3 fully saturated rings. The molecule has 2 N–H and O–H groups in total. The second-order valence-electron chi connectivity index (χ2n) is 12.5. The molecule has 0 aromatic rings. The van der Waals surface area contributed by atoms with Gasteiger partial charge in [0.05, 0.1) is 35.5 Å². The fraction of sp³-hybridized carbons (Fsp3) is 0.625. The number of allylic oxidation sites excluding steroid dienone is 1. The van der Waals surface area contributed by atoms with E-state index in [1.165, 1.54) is 13.2 Å². The van der Waals surface area contributed by atoms with Gasteiger partial charge in [-0.3, -0.25) is 4.79 Å². The molecule has 7 aliphatic rings. The Labute approximate surface area is 254 Å². The van der Waals surface area contributed by atoms with Gasteiger partial charge in [-0.05, 0) is 43.8 Å². The number of hydrogen-bond donors (Lipinski definition) is 2. The Morgan fingerprint density at radius 2 is 1.80 bits per heavy atom. The van der Waals surface area contributed by atoms with Crippen molar-refractivity contribution >= 4 is 23.9 Å². The van der Waals surface area contributed by atoms with Gasteiger partial charge >= 0.3 is 23.9 Å². The minimum Gasteiger partial charge on any atom is -0.498 e. The highest BCUT2D eigenvalue weighted by atomic mass is 16.6. The van der Waals surface area contributed by atoms with Crippen LogP contribution in [0.4, 0.5) is 0 Å². The number of hydrogen-bond acceptors (Lipinski definition) is 12. The molecule has 1 saturated carbocycles. The molecule has 7 rings (SSSR count). The molecule has 5 heterocycles. The summed E-state index contributed by atoms with van der Waals surface area (Å²) in [7, 11) is 1.41. The van der Waals surface area contributed by atoms with Gasteiger partial charge in [-0.2, -0.15) is 0 Å². The lowest BCUT2D eigenvalue weighted by Gasteiger charge is -2.64. The Morgan fingerprint density at radius 1 is 1.00 bits per heavy atom. The van der Waals surface area contributed by atoms with Crippen molar-refractivity contribution in [1.29, 1.82) is 0 Å². The van der Waals surface area contributed by atoms with Gasteiger partial charge in [-0.1, -0.05) is 25.2 Å². The molecule has 5 aliphatic heterocycles. The van der Waals surface area contributed by atoms with E-state index in [1.54, 1.807) is 0 Å². The van der Waals surface area contributed by atoms with Crippen LogP contribution in [0.3, 0.4) is 0 Å². The third-order valence-corrected chi connectivity index (χ3v) is 10.2. The quantitative estimate of drug-likeness (QED) is 0.189. The highest BCUT2D eigenvalue weighted by Crippen LogP contribution is 2.59. The van der Waals surface area contributed by atoms with Crippen LogP contribution in [0.25, 0.3) is 0 Å². The Hall–Kier alpha value is -3.32. The van der Waals surface area contributed by atoms with E-state index < -0.39 is 59.8 Å². The maximum Gasteiger partial charge on any atom is 0.346 e. The van der Waals surface area contributed by atoms with Gasteiger partial charge in [0.25, 0.3) is 0 Å². The molecule has 0 amide bonds. The zero-order valence-corrected chi connectivity index (χ0v) is 24.9. The zero-order chi connectivity index (χ0) is 31.3. The van der Waals surface area contributed by atoms with Gasteiger partial charge in [0.1, 0.15) is 31.0 Å². The molecule has 0 unspecified atom stereocenters. The molecule has 12 heteroatoms. The SMILES string of the molecule is CO[C@H]1C[C@H]2C=C[C@H]3C[C@H]4O[C@]2(/C(C)=C/[C@H]2COC(=O)CCC5=C(/C=C/OC[C@@H](O)[C@H]2OC1=O)C(=O)OC5=O)[C@@H]3[C@H](O)[C@H]4C. The van der Waals surface area contributed by atoms with Crippen LogP contribution in [-0.2, 0) is 47.6 Å². The number of fused-ring (bicyclic) bond motifs is 2. The number of aliphatic hydroxyl groups excluding tert-OH is 2. The van der Waals surface area contributed by atoms with Crippen LogP contribution in [0.2, 0.25) is 0 Å². The molecular formula is C32H38O12. The summed E-state index contributed by atoms with van der Waals surface area (Å²) in [4.78, 5) is 50.8. The van der Waals surface area contributed by atoms with Crippen molar-refractivity contribution in [2.75, 3.05) is 20.3 Å². The topological polar surface area (TPSA) is 164 Å². The lowest BCUT2D eigenvalue weighted by molar-refractivity contribution is -0.276. The van der Waals surface area contributed by atoms with Crippen LogP contribution in [0.1, 0.15) is 39.5 Å². The number of carbonyl (C=O) groups excluding carboxylic acids is 4. The Balaban J connectivity index is 1.39. The standard InChI is InChI=1S/C32H38O12/c1-15-10-18-13-41-25(34)7-6-20-21(30(37)43-29(20)36)8-9-40-14-22(33)28(18)42-31(38)24(39-3)12-19-5-4-17-11-23-16(2)27(35)26(17)32(15,19)44-23/h4-5,8-10,16-19,22-24,26-28,33,35H,6-7,11-14H2,1-3H3/b9-8+,15-10+/t16-,17-,18-,19+,22+,23+,24-,26-,27+,28-,32-/m0/s1. The maximum atomic E-state index is 13.6. The number of ether oxygens (including phenoxy) is 6. The van der Waals surface area contributed by atoms with Crippen LogP contribution in [0.15, 0.2) is 47.3 Å². The Kier molecular flexibility index (Phi) is 8.29. The average molecular weight is 615 g/mol. The molecule has 238 valence electrons. The first-order valence-corrected chi connectivity index (χ1v) is 15.1. The number of cyclic esters (lactones) is 3. The molecule has 0 aromatic heterocycles. The van der Waals surface area contributed by atoms with E-state index in [1.807, 2.05) is 26.0 Å². The van der Waals surface area contributed by atoms with E-state index in [9.17, 15) is 29.4 Å². The molecule has 4 bridgehead atoms. The molecule has 44 heavy (non-hydrogen) atoms. The summed E-state index contributed by atoms with van der Waals surface area (Å²) < 4.78 is 34.2. The van der Waals surface area contributed by atoms with Gasteiger partial charge in [0.15, 0.2) is 6.10 Å². The van der Waals surface area contributed by atoms with Crippen molar-refractivity contribution in [2.24, 2.45) is 29.6 Å². The largest absolute Gasteiger partial charge is 0.498 e. The molecule has 11 atom stereocenters. The summed E-state index contributed by atoms with van der Waals surface area (Å²) in [6, 6.07) is 0. The summed E-state index contributed by atoms with van der Waals surface area (Å²) in [6.45, 7) is 3.25. The lowest BCUT2D eigenvalue weighted by Crippen LogP contribution is -2.69. The Bertz CT molecular complexity index is 1340. The van der Waals surface area contributed by atoms with E-state index in [0.29, 0.717) is 0 Å². The number of carbonyl (C=O) groups is 4. The molecule has 0 aromatic carbocycles. The number of esters is 4.